The van der Waals surface area contributed by atoms with Crippen LogP contribution in [0.15, 0.2) is 12.2 Å². The van der Waals surface area contributed by atoms with Crippen molar-refractivity contribution in [3.8, 4) is 0 Å². The average molecular weight is 179 g/mol. The van der Waals surface area contributed by atoms with Gasteiger partial charge in [-0.1, -0.05) is 12.2 Å². The molecule has 3 amide bonds. The second-order valence-electron chi connectivity index (χ2n) is 3.31. The Labute approximate surface area is 75.2 Å². The highest BCUT2D eigenvalue weighted by atomic mass is 16.2. The van der Waals surface area contributed by atoms with E-state index in [-0.39, 0.29) is 23.7 Å². The minimum absolute atomic E-state index is 0.289. The fourth-order valence-corrected chi connectivity index (χ4v) is 1.93. The normalized spacial score (nSPS) is 32.2. The third-order valence-corrected chi connectivity index (χ3v) is 2.65. The molecule has 0 aromatic rings. The van der Waals surface area contributed by atoms with Gasteiger partial charge in [-0.3, -0.25) is 14.4 Å². The second kappa shape index (κ2) is 2.80. The van der Waals surface area contributed by atoms with Gasteiger partial charge in [0.2, 0.25) is 18.2 Å². The zero-order valence-electron chi connectivity index (χ0n) is 6.97. The molecule has 4 nitrogen and oxygen atoms in total. The standard InChI is InChI=1S/C9H9NO3/c11-5-10-8(12)6-3-1-2-4-7(6)9(10)13/h1-2,5-7H,3-4H2. The SMILES string of the molecule is O=CN1C(=O)C2CC=CCC2C1=O. The Hall–Kier alpha value is -1.45. The van der Waals surface area contributed by atoms with Crippen LogP contribution in [0.4, 0.5) is 0 Å². The van der Waals surface area contributed by atoms with Crippen LogP contribution in [-0.2, 0) is 14.4 Å². The fraction of sp³-hybridized carbons (Fsp3) is 0.444. The van der Waals surface area contributed by atoms with E-state index in [9.17, 15) is 14.4 Å². The van der Waals surface area contributed by atoms with E-state index in [0.29, 0.717) is 24.2 Å². The van der Waals surface area contributed by atoms with Crippen LogP contribution in [0.3, 0.4) is 0 Å². The molecule has 2 aliphatic rings. The van der Waals surface area contributed by atoms with Gasteiger partial charge in [-0.25, -0.2) is 4.90 Å². The molecule has 0 aromatic heterocycles. The summed E-state index contributed by atoms with van der Waals surface area (Å²) < 4.78 is 0. The first kappa shape index (κ1) is 8.16. The van der Waals surface area contributed by atoms with Crippen molar-refractivity contribution in [2.75, 3.05) is 0 Å². The van der Waals surface area contributed by atoms with Crippen molar-refractivity contribution in [1.29, 1.82) is 0 Å². The zero-order chi connectivity index (χ0) is 9.42. The van der Waals surface area contributed by atoms with Crippen molar-refractivity contribution in [3.63, 3.8) is 0 Å². The van der Waals surface area contributed by atoms with Gasteiger partial charge in [0.1, 0.15) is 0 Å². The molecule has 2 atom stereocenters. The molecule has 4 heteroatoms. The Kier molecular flexibility index (Phi) is 1.76. The topological polar surface area (TPSA) is 54.5 Å². The van der Waals surface area contributed by atoms with E-state index in [4.69, 9.17) is 0 Å². The van der Waals surface area contributed by atoms with Gasteiger partial charge in [0.15, 0.2) is 0 Å². The summed E-state index contributed by atoms with van der Waals surface area (Å²) in [4.78, 5) is 34.0. The highest BCUT2D eigenvalue weighted by Crippen LogP contribution is 2.34. The number of likely N-dealkylation sites (tertiary alicyclic amines) is 1. The number of amides is 3. The predicted molar refractivity (Wildman–Crippen MR) is 43.3 cm³/mol. The molecule has 0 N–H and O–H groups in total. The maximum absolute atomic E-state index is 11.4. The molecule has 0 aromatic carbocycles. The van der Waals surface area contributed by atoms with E-state index >= 15 is 0 Å². The molecule has 1 heterocycles. The highest BCUT2D eigenvalue weighted by molar-refractivity contribution is 6.12. The summed E-state index contributed by atoms with van der Waals surface area (Å²) in [5.41, 5.74) is 0. The van der Waals surface area contributed by atoms with E-state index in [0.717, 1.165) is 0 Å². The summed E-state index contributed by atoms with van der Waals surface area (Å²) in [6, 6.07) is 0. The van der Waals surface area contributed by atoms with E-state index in [2.05, 4.69) is 0 Å². The molecule has 13 heavy (non-hydrogen) atoms. The van der Waals surface area contributed by atoms with Crippen molar-refractivity contribution < 1.29 is 14.4 Å². The molecule has 0 radical (unpaired) electrons. The summed E-state index contributed by atoms with van der Waals surface area (Å²) in [6.45, 7) is 0. The van der Waals surface area contributed by atoms with Crippen molar-refractivity contribution in [2.45, 2.75) is 12.8 Å². The Morgan fingerprint density at radius 2 is 1.62 bits per heavy atom. The first-order valence-electron chi connectivity index (χ1n) is 4.23. The lowest BCUT2D eigenvalue weighted by Gasteiger charge is -2.14. The number of hydrogen-bond acceptors (Lipinski definition) is 3. The summed E-state index contributed by atoms with van der Waals surface area (Å²) in [5.74, 6) is -1.26. The van der Waals surface area contributed by atoms with Gasteiger partial charge in [0.25, 0.3) is 0 Å². The van der Waals surface area contributed by atoms with Crippen LogP contribution >= 0.6 is 0 Å². The Morgan fingerprint density at radius 1 is 1.15 bits per heavy atom. The Balaban J connectivity index is 2.32. The molecule has 1 aliphatic heterocycles. The molecule has 0 bridgehead atoms. The number of carbonyl (C=O) groups is 3. The smallest absolute Gasteiger partial charge is 0.240 e. The van der Waals surface area contributed by atoms with Gasteiger partial charge in [0, 0.05) is 0 Å². The third-order valence-electron chi connectivity index (χ3n) is 2.65. The molecular formula is C9H9NO3. The van der Waals surface area contributed by atoms with Crippen LogP contribution in [-0.4, -0.2) is 23.1 Å². The van der Waals surface area contributed by atoms with Crippen molar-refractivity contribution >= 4 is 18.2 Å². The summed E-state index contributed by atoms with van der Waals surface area (Å²) in [5, 5.41) is 0. The first-order chi connectivity index (χ1) is 6.25. The van der Waals surface area contributed by atoms with E-state index in [1.807, 2.05) is 12.2 Å². The molecule has 0 spiro atoms. The van der Waals surface area contributed by atoms with Gasteiger partial charge >= 0.3 is 0 Å². The van der Waals surface area contributed by atoms with Gasteiger partial charge in [0.05, 0.1) is 11.8 Å². The van der Waals surface area contributed by atoms with E-state index < -0.39 is 0 Å². The number of rotatable bonds is 1. The Morgan fingerprint density at radius 3 is 2.00 bits per heavy atom. The average Bonchev–Trinajstić information content (AvgIpc) is 2.41. The predicted octanol–water partition coefficient (Wildman–Crippen LogP) is 0.0940. The summed E-state index contributed by atoms with van der Waals surface area (Å²) in [6.07, 6.45) is 5.27. The zero-order valence-corrected chi connectivity index (χ0v) is 6.97. The largest absolute Gasteiger partial charge is 0.278 e. The maximum Gasteiger partial charge on any atom is 0.240 e. The van der Waals surface area contributed by atoms with Gasteiger partial charge in [-0.05, 0) is 12.8 Å². The first-order valence-corrected chi connectivity index (χ1v) is 4.23. The van der Waals surface area contributed by atoms with E-state index in [1.165, 1.54) is 0 Å². The summed E-state index contributed by atoms with van der Waals surface area (Å²) in [7, 11) is 0. The minimum atomic E-state index is -0.339. The molecule has 1 fully saturated rings. The monoisotopic (exact) mass is 179 g/mol. The maximum atomic E-state index is 11.4. The lowest BCUT2D eigenvalue weighted by molar-refractivity contribution is -0.144. The van der Waals surface area contributed by atoms with E-state index in [1.54, 1.807) is 0 Å². The van der Waals surface area contributed by atoms with Crippen molar-refractivity contribution in [1.82, 2.24) is 4.90 Å². The number of hydrogen-bond donors (Lipinski definition) is 0. The van der Waals surface area contributed by atoms with Crippen molar-refractivity contribution in [2.24, 2.45) is 11.8 Å². The second-order valence-corrected chi connectivity index (χ2v) is 3.31. The van der Waals surface area contributed by atoms with Crippen molar-refractivity contribution in [3.05, 3.63) is 12.2 Å². The van der Waals surface area contributed by atoms with Crippen LogP contribution < -0.4 is 0 Å². The molecule has 1 aliphatic carbocycles. The molecule has 2 rings (SSSR count). The number of imide groups is 3. The fourth-order valence-electron chi connectivity index (χ4n) is 1.93. The van der Waals surface area contributed by atoms with Gasteiger partial charge in [-0.15, -0.1) is 0 Å². The van der Waals surface area contributed by atoms with Gasteiger partial charge in [-0.2, -0.15) is 0 Å². The number of allylic oxidation sites excluding steroid dienone is 2. The molecule has 68 valence electrons. The minimum Gasteiger partial charge on any atom is -0.278 e. The van der Waals surface area contributed by atoms with Gasteiger partial charge < -0.3 is 0 Å². The van der Waals surface area contributed by atoms with Crippen LogP contribution in [0.5, 0.6) is 0 Å². The Bertz CT molecular complexity index is 282. The number of nitrogens with zero attached hydrogens (tertiary/aromatic N) is 1. The lowest BCUT2D eigenvalue weighted by Crippen LogP contribution is -2.29. The van der Waals surface area contributed by atoms with Crippen LogP contribution in [0.1, 0.15) is 12.8 Å². The lowest BCUT2D eigenvalue weighted by atomic mass is 9.85. The van der Waals surface area contributed by atoms with Crippen LogP contribution in [0, 0.1) is 11.8 Å². The highest BCUT2D eigenvalue weighted by Gasteiger charge is 2.47. The molecule has 0 saturated carbocycles. The molecule has 2 unspecified atom stereocenters. The number of carbonyl (C=O) groups excluding carboxylic acids is 3. The van der Waals surface area contributed by atoms with Crippen LogP contribution in [0.2, 0.25) is 0 Å². The quantitative estimate of drug-likeness (QED) is 0.326. The van der Waals surface area contributed by atoms with Crippen LogP contribution in [0.25, 0.3) is 0 Å². The molecular weight excluding hydrogens is 170 g/mol. The number of fused-ring (bicyclic) bond motifs is 1. The summed E-state index contributed by atoms with van der Waals surface area (Å²) >= 11 is 0. The molecule has 1 saturated heterocycles. The third kappa shape index (κ3) is 1.02.